The van der Waals surface area contributed by atoms with Crippen LogP contribution in [-0.4, -0.2) is 19.1 Å². The van der Waals surface area contributed by atoms with Gasteiger partial charge in [-0.25, -0.2) is 4.99 Å². The molecule has 0 aromatic heterocycles. The molecular formula is C25H27NO3. The van der Waals surface area contributed by atoms with Gasteiger partial charge in [0.05, 0.1) is 12.8 Å². The van der Waals surface area contributed by atoms with Gasteiger partial charge in [-0.2, -0.15) is 0 Å². The van der Waals surface area contributed by atoms with Crippen LogP contribution in [-0.2, 0) is 6.42 Å². The van der Waals surface area contributed by atoms with Crippen LogP contribution in [0, 0.1) is 6.92 Å². The molecule has 0 heterocycles. The standard InChI is InChI=1S/C25H27NO3/c1-5-20-7-6-8-24(17-20)29-25(26-21-11-9-18(2)10-12-21)19(3)28-23-15-13-22(27-4)14-16-23/h6-17,19H,5H2,1-4H3. The lowest BCUT2D eigenvalue weighted by Gasteiger charge is -2.18. The van der Waals surface area contributed by atoms with E-state index in [1.807, 2.05) is 73.7 Å². The number of methoxy groups -OCH3 is 1. The van der Waals surface area contributed by atoms with Gasteiger partial charge < -0.3 is 14.2 Å². The Morgan fingerprint density at radius 3 is 2.24 bits per heavy atom. The molecule has 0 saturated carbocycles. The summed E-state index contributed by atoms with van der Waals surface area (Å²) in [5.74, 6) is 2.75. The van der Waals surface area contributed by atoms with E-state index in [1.54, 1.807) is 7.11 Å². The highest BCUT2D eigenvalue weighted by Gasteiger charge is 2.16. The van der Waals surface area contributed by atoms with E-state index in [9.17, 15) is 0 Å². The summed E-state index contributed by atoms with van der Waals surface area (Å²) in [6, 6.07) is 23.5. The average molecular weight is 389 g/mol. The van der Waals surface area contributed by atoms with Gasteiger partial charge in [0.25, 0.3) is 0 Å². The molecule has 3 aromatic carbocycles. The van der Waals surface area contributed by atoms with E-state index in [-0.39, 0.29) is 6.10 Å². The van der Waals surface area contributed by atoms with Crippen LogP contribution in [0.15, 0.2) is 77.8 Å². The number of aryl methyl sites for hydroxylation is 2. The molecular weight excluding hydrogens is 362 g/mol. The zero-order valence-electron chi connectivity index (χ0n) is 17.4. The highest BCUT2D eigenvalue weighted by atomic mass is 16.5. The van der Waals surface area contributed by atoms with Crippen molar-refractivity contribution in [2.45, 2.75) is 33.3 Å². The van der Waals surface area contributed by atoms with Crippen molar-refractivity contribution in [2.75, 3.05) is 7.11 Å². The van der Waals surface area contributed by atoms with Crippen LogP contribution in [0.4, 0.5) is 5.69 Å². The third kappa shape index (κ3) is 5.85. The summed E-state index contributed by atoms with van der Waals surface area (Å²) in [6.45, 7) is 6.10. The number of hydrogen-bond donors (Lipinski definition) is 0. The number of ether oxygens (including phenoxy) is 3. The third-order valence-electron chi connectivity index (χ3n) is 4.52. The molecule has 0 aliphatic heterocycles. The summed E-state index contributed by atoms with van der Waals surface area (Å²) in [4.78, 5) is 4.73. The fourth-order valence-corrected chi connectivity index (χ4v) is 2.80. The molecule has 4 nitrogen and oxygen atoms in total. The predicted octanol–water partition coefficient (Wildman–Crippen LogP) is 6.14. The lowest BCUT2D eigenvalue weighted by molar-refractivity contribution is 0.262. The Bertz CT molecular complexity index is 947. The number of aliphatic imine (C=N–C) groups is 1. The molecule has 4 heteroatoms. The number of nitrogens with zero attached hydrogens (tertiary/aromatic N) is 1. The Morgan fingerprint density at radius 2 is 1.59 bits per heavy atom. The SMILES string of the molecule is CCc1cccc(OC(=Nc2ccc(C)cc2)C(C)Oc2ccc(OC)cc2)c1. The molecule has 0 amide bonds. The quantitative estimate of drug-likeness (QED) is 0.360. The molecule has 29 heavy (non-hydrogen) atoms. The van der Waals surface area contributed by atoms with Crippen LogP contribution in [0.2, 0.25) is 0 Å². The van der Waals surface area contributed by atoms with Crippen molar-refractivity contribution in [3.05, 3.63) is 83.9 Å². The minimum atomic E-state index is -0.380. The number of benzene rings is 3. The maximum absolute atomic E-state index is 6.17. The van der Waals surface area contributed by atoms with Crippen molar-refractivity contribution in [3.63, 3.8) is 0 Å². The number of hydrogen-bond acceptors (Lipinski definition) is 4. The maximum atomic E-state index is 6.17. The Balaban J connectivity index is 1.86. The molecule has 1 atom stereocenters. The smallest absolute Gasteiger partial charge is 0.236 e. The van der Waals surface area contributed by atoms with Crippen molar-refractivity contribution in [1.82, 2.24) is 0 Å². The first-order valence-corrected chi connectivity index (χ1v) is 9.80. The molecule has 0 spiro atoms. The van der Waals surface area contributed by atoms with E-state index >= 15 is 0 Å². The van der Waals surface area contributed by atoms with E-state index < -0.39 is 0 Å². The average Bonchev–Trinajstić information content (AvgIpc) is 2.75. The van der Waals surface area contributed by atoms with Gasteiger partial charge in [-0.05, 0) is 74.4 Å². The topological polar surface area (TPSA) is 40.0 Å². The van der Waals surface area contributed by atoms with Crippen molar-refractivity contribution >= 4 is 11.6 Å². The molecule has 150 valence electrons. The van der Waals surface area contributed by atoms with Gasteiger partial charge in [0.2, 0.25) is 5.90 Å². The van der Waals surface area contributed by atoms with Gasteiger partial charge in [-0.15, -0.1) is 0 Å². The van der Waals surface area contributed by atoms with Crippen molar-refractivity contribution in [1.29, 1.82) is 0 Å². The maximum Gasteiger partial charge on any atom is 0.236 e. The highest BCUT2D eigenvalue weighted by Crippen LogP contribution is 2.22. The summed E-state index contributed by atoms with van der Waals surface area (Å²) in [7, 11) is 1.64. The lowest BCUT2D eigenvalue weighted by Crippen LogP contribution is -2.28. The minimum Gasteiger partial charge on any atom is -0.497 e. The summed E-state index contributed by atoms with van der Waals surface area (Å²) in [5, 5.41) is 0. The summed E-state index contributed by atoms with van der Waals surface area (Å²) >= 11 is 0. The lowest BCUT2D eigenvalue weighted by atomic mass is 10.2. The summed E-state index contributed by atoms with van der Waals surface area (Å²) in [5.41, 5.74) is 3.22. The molecule has 0 aliphatic carbocycles. The summed E-state index contributed by atoms with van der Waals surface area (Å²) in [6.07, 6.45) is 0.564. The number of rotatable bonds is 7. The van der Waals surface area contributed by atoms with Crippen molar-refractivity contribution < 1.29 is 14.2 Å². The van der Waals surface area contributed by atoms with Crippen LogP contribution in [0.1, 0.15) is 25.0 Å². The third-order valence-corrected chi connectivity index (χ3v) is 4.52. The van der Waals surface area contributed by atoms with Gasteiger partial charge in [0, 0.05) is 0 Å². The fraction of sp³-hybridized carbons (Fsp3) is 0.240. The zero-order valence-corrected chi connectivity index (χ0v) is 17.4. The first kappa shape index (κ1) is 20.5. The van der Waals surface area contributed by atoms with Crippen LogP contribution < -0.4 is 14.2 Å². The van der Waals surface area contributed by atoms with E-state index in [0.717, 1.165) is 29.4 Å². The molecule has 0 bridgehead atoms. The van der Waals surface area contributed by atoms with E-state index in [2.05, 4.69) is 19.9 Å². The molecule has 3 rings (SSSR count). The van der Waals surface area contributed by atoms with E-state index in [1.165, 1.54) is 11.1 Å². The first-order chi connectivity index (χ1) is 14.1. The second kappa shape index (κ2) is 9.78. The van der Waals surface area contributed by atoms with E-state index in [0.29, 0.717) is 5.90 Å². The zero-order chi connectivity index (χ0) is 20.6. The summed E-state index contributed by atoms with van der Waals surface area (Å²) < 4.78 is 17.5. The predicted molar refractivity (Wildman–Crippen MR) is 118 cm³/mol. The second-order valence-corrected chi connectivity index (χ2v) is 6.82. The van der Waals surface area contributed by atoms with Crippen molar-refractivity contribution in [2.24, 2.45) is 4.99 Å². The molecule has 0 aliphatic rings. The first-order valence-electron chi connectivity index (χ1n) is 9.80. The Hall–Kier alpha value is -3.27. The largest absolute Gasteiger partial charge is 0.497 e. The second-order valence-electron chi connectivity index (χ2n) is 6.82. The Kier molecular flexibility index (Phi) is 6.90. The normalized spacial score (nSPS) is 12.3. The monoisotopic (exact) mass is 389 g/mol. The Labute approximate surface area is 172 Å². The van der Waals surface area contributed by atoms with Gasteiger partial charge in [-0.3, -0.25) is 0 Å². The highest BCUT2D eigenvalue weighted by molar-refractivity contribution is 5.85. The Morgan fingerprint density at radius 1 is 0.897 bits per heavy atom. The fourth-order valence-electron chi connectivity index (χ4n) is 2.80. The van der Waals surface area contributed by atoms with Gasteiger partial charge in [-0.1, -0.05) is 36.8 Å². The molecule has 0 fully saturated rings. The van der Waals surface area contributed by atoms with Crippen LogP contribution in [0.3, 0.4) is 0 Å². The van der Waals surface area contributed by atoms with Gasteiger partial charge >= 0.3 is 0 Å². The van der Waals surface area contributed by atoms with Crippen LogP contribution in [0.25, 0.3) is 0 Å². The van der Waals surface area contributed by atoms with Gasteiger partial charge in [0.15, 0.2) is 6.10 Å². The molecule has 0 N–H and O–H groups in total. The molecule has 0 saturated heterocycles. The minimum absolute atomic E-state index is 0.380. The van der Waals surface area contributed by atoms with Crippen LogP contribution in [0.5, 0.6) is 17.2 Å². The van der Waals surface area contributed by atoms with E-state index in [4.69, 9.17) is 19.2 Å². The van der Waals surface area contributed by atoms with Gasteiger partial charge in [0.1, 0.15) is 17.2 Å². The molecule has 0 radical (unpaired) electrons. The molecule has 3 aromatic rings. The van der Waals surface area contributed by atoms with Crippen molar-refractivity contribution in [3.8, 4) is 17.2 Å². The molecule has 1 unspecified atom stereocenters. The van der Waals surface area contributed by atoms with Crippen LogP contribution >= 0.6 is 0 Å².